The van der Waals surface area contributed by atoms with Crippen molar-refractivity contribution in [1.82, 2.24) is 5.32 Å². The van der Waals surface area contributed by atoms with E-state index in [-0.39, 0.29) is 12.3 Å². The second-order valence-electron chi connectivity index (χ2n) is 4.87. The van der Waals surface area contributed by atoms with Gasteiger partial charge in [-0.25, -0.2) is 8.78 Å². The van der Waals surface area contributed by atoms with E-state index in [2.05, 4.69) is 5.32 Å². The van der Waals surface area contributed by atoms with Crippen molar-refractivity contribution in [1.29, 1.82) is 0 Å². The summed E-state index contributed by atoms with van der Waals surface area (Å²) in [6.45, 7) is 4.93. The Bertz CT molecular complexity index is 445. The monoisotopic (exact) mass is 257 g/mol. The van der Waals surface area contributed by atoms with Crippen molar-refractivity contribution in [2.24, 2.45) is 0 Å². The van der Waals surface area contributed by atoms with Gasteiger partial charge in [0.25, 0.3) is 0 Å². The minimum Gasteiger partial charge on any atom is -0.391 e. The van der Waals surface area contributed by atoms with Crippen LogP contribution in [-0.2, 0) is 11.2 Å². The summed E-state index contributed by atoms with van der Waals surface area (Å²) in [4.78, 5) is 11.7. The lowest BCUT2D eigenvalue weighted by molar-refractivity contribution is -0.123. The number of carbonyl (C=O) groups is 1. The number of carbonyl (C=O) groups excluding carboxylic acids is 1. The molecule has 18 heavy (non-hydrogen) atoms. The molecule has 1 amide bonds. The molecule has 0 heterocycles. The van der Waals surface area contributed by atoms with Crippen LogP contribution >= 0.6 is 0 Å². The van der Waals surface area contributed by atoms with Gasteiger partial charge in [0.15, 0.2) is 11.6 Å². The van der Waals surface area contributed by atoms with Crippen LogP contribution in [0.5, 0.6) is 0 Å². The van der Waals surface area contributed by atoms with Crippen LogP contribution in [-0.4, -0.2) is 22.7 Å². The summed E-state index contributed by atoms with van der Waals surface area (Å²) in [5, 5.41) is 12.1. The van der Waals surface area contributed by atoms with E-state index >= 15 is 0 Å². The first-order valence-corrected chi connectivity index (χ1v) is 5.65. The molecular formula is C13H17F2NO2. The van der Waals surface area contributed by atoms with Gasteiger partial charge >= 0.3 is 0 Å². The molecule has 0 aliphatic carbocycles. The van der Waals surface area contributed by atoms with E-state index in [4.69, 9.17) is 0 Å². The third-order valence-electron chi connectivity index (χ3n) is 2.85. The largest absolute Gasteiger partial charge is 0.391 e. The fraction of sp³-hybridized carbons (Fsp3) is 0.462. The zero-order valence-electron chi connectivity index (χ0n) is 10.6. The zero-order chi connectivity index (χ0) is 13.9. The number of nitrogens with one attached hydrogen (secondary N) is 1. The molecule has 1 unspecified atom stereocenters. The van der Waals surface area contributed by atoms with E-state index < -0.39 is 23.3 Å². The first-order chi connectivity index (χ1) is 8.22. The number of amides is 1. The smallest absolute Gasteiger partial charge is 0.224 e. The molecule has 0 aliphatic heterocycles. The summed E-state index contributed by atoms with van der Waals surface area (Å²) in [5.41, 5.74) is -0.386. The average Bonchev–Trinajstić information content (AvgIpc) is 2.22. The third kappa shape index (κ3) is 3.77. The third-order valence-corrected chi connectivity index (χ3v) is 2.85. The highest BCUT2D eigenvalue weighted by Crippen LogP contribution is 2.11. The lowest BCUT2D eigenvalue weighted by Gasteiger charge is -2.29. The predicted molar refractivity (Wildman–Crippen MR) is 64.0 cm³/mol. The molecule has 0 saturated heterocycles. The Morgan fingerprint density at radius 3 is 2.50 bits per heavy atom. The maximum atomic E-state index is 12.9. The highest BCUT2D eigenvalue weighted by atomic mass is 19.2. The summed E-state index contributed by atoms with van der Waals surface area (Å²) in [7, 11) is 0. The van der Waals surface area contributed by atoms with Gasteiger partial charge in [-0.3, -0.25) is 4.79 Å². The van der Waals surface area contributed by atoms with Crippen LogP contribution in [0.4, 0.5) is 8.78 Å². The molecule has 0 radical (unpaired) electrons. The predicted octanol–water partition coefficient (Wildman–Crippen LogP) is 1.78. The van der Waals surface area contributed by atoms with Crippen molar-refractivity contribution in [3.8, 4) is 0 Å². The van der Waals surface area contributed by atoms with Crippen LogP contribution in [0.15, 0.2) is 18.2 Å². The number of hydrogen-bond acceptors (Lipinski definition) is 2. The Balaban J connectivity index is 2.68. The van der Waals surface area contributed by atoms with E-state index in [1.807, 2.05) is 0 Å². The summed E-state index contributed by atoms with van der Waals surface area (Å²) < 4.78 is 25.7. The minimum absolute atomic E-state index is 0.0622. The topological polar surface area (TPSA) is 49.3 Å². The van der Waals surface area contributed by atoms with E-state index in [9.17, 15) is 18.7 Å². The van der Waals surface area contributed by atoms with Crippen molar-refractivity contribution in [2.45, 2.75) is 38.8 Å². The van der Waals surface area contributed by atoms with Crippen LogP contribution in [0.3, 0.4) is 0 Å². The molecule has 0 fully saturated rings. The Labute approximate surface area is 105 Å². The molecule has 100 valence electrons. The molecule has 1 rings (SSSR count). The Kier molecular flexibility index (Phi) is 4.40. The molecule has 0 saturated carbocycles. The second kappa shape index (κ2) is 5.44. The van der Waals surface area contributed by atoms with Gasteiger partial charge in [0.2, 0.25) is 5.91 Å². The number of aliphatic hydroxyl groups excluding tert-OH is 1. The van der Waals surface area contributed by atoms with Gasteiger partial charge in [0.1, 0.15) is 0 Å². The fourth-order valence-corrected chi connectivity index (χ4v) is 1.34. The lowest BCUT2D eigenvalue weighted by atomic mass is 9.98. The van der Waals surface area contributed by atoms with Gasteiger partial charge in [-0.05, 0) is 38.5 Å². The van der Waals surface area contributed by atoms with Crippen molar-refractivity contribution < 1.29 is 18.7 Å². The van der Waals surface area contributed by atoms with Gasteiger partial charge < -0.3 is 10.4 Å². The molecule has 3 nitrogen and oxygen atoms in total. The highest BCUT2D eigenvalue weighted by molar-refractivity contribution is 5.79. The van der Waals surface area contributed by atoms with Gasteiger partial charge in [0.05, 0.1) is 18.1 Å². The fourth-order valence-electron chi connectivity index (χ4n) is 1.34. The molecule has 1 aromatic rings. The standard InChI is InChI=1S/C13H17F2NO2/c1-8(17)13(2,3)16-12(18)7-9-4-5-10(14)11(15)6-9/h4-6,8,17H,7H2,1-3H3,(H,16,18). The molecule has 2 N–H and O–H groups in total. The van der Waals surface area contributed by atoms with Crippen molar-refractivity contribution in [3.63, 3.8) is 0 Å². The molecular weight excluding hydrogens is 240 g/mol. The lowest BCUT2D eigenvalue weighted by Crippen LogP contribution is -2.51. The summed E-state index contributed by atoms with van der Waals surface area (Å²) in [5.74, 6) is -2.27. The minimum atomic E-state index is -0.977. The Morgan fingerprint density at radius 1 is 1.39 bits per heavy atom. The number of aliphatic hydroxyl groups is 1. The van der Waals surface area contributed by atoms with Gasteiger partial charge in [-0.1, -0.05) is 6.07 Å². The Morgan fingerprint density at radius 2 is 2.00 bits per heavy atom. The molecule has 1 aromatic carbocycles. The van der Waals surface area contributed by atoms with Crippen molar-refractivity contribution >= 4 is 5.91 Å². The van der Waals surface area contributed by atoms with Gasteiger partial charge in [0, 0.05) is 0 Å². The van der Waals surface area contributed by atoms with Gasteiger partial charge in [-0.2, -0.15) is 0 Å². The van der Waals surface area contributed by atoms with Crippen LogP contribution < -0.4 is 5.32 Å². The van der Waals surface area contributed by atoms with E-state index in [1.165, 1.54) is 6.07 Å². The quantitative estimate of drug-likeness (QED) is 0.864. The molecule has 1 atom stereocenters. The maximum Gasteiger partial charge on any atom is 0.224 e. The van der Waals surface area contributed by atoms with Crippen LogP contribution in [0.2, 0.25) is 0 Å². The van der Waals surface area contributed by atoms with Crippen molar-refractivity contribution in [2.75, 3.05) is 0 Å². The van der Waals surface area contributed by atoms with Crippen LogP contribution in [0, 0.1) is 11.6 Å². The zero-order valence-corrected chi connectivity index (χ0v) is 10.6. The highest BCUT2D eigenvalue weighted by Gasteiger charge is 2.25. The first-order valence-electron chi connectivity index (χ1n) is 5.65. The van der Waals surface area contributed by atoms with E-state index in [1.54, 1.807) is 20.8 Å². The molecule has 0 spiro atoms. The molecule has 0 aliphatic rings. The maximum absolute atomic E-state index is 12.9. The normalized spacial score (nSPS) is 13.2. The van der Waals surface area contributed by atoms with Crippen molar-refractivity contribution in [3.05, 3.63) is 35.4 Å². The van der Waals surface area contributed by atoms with Gasteiger partial charge in [-0.15, -0.1) is 0 Å². The van der Waals surface area contributed by atoms with E-state index in [0.717, 1.165) is 12.1 Å². The SMILES string of the molecule is CC(O)C(C)(C)NC(=O)Cc1ccc(F)c(F)c1. The summed E-state index contributed by atoms with van der Waals surface area (Å²) in [6, 6.07) is 3.33. The average molecular weight is 257 g/mol. The molecule has 0 aromatic heterocycles. The van der Waals surface area contributed by atoms with Crippen LogP contribution in [0.1, 0.15) is 26.3 Å². The number of rotatable bonds is 4. The first kappa shape index (κ1) is 14.6. The number of hydrogen-bond donors (Lipinski definition) is 2. The summed E-state index contributed by atoms with van der Waals surface area (Å²) >= 11 is 0. The van der Waals surface area contributed by atoms with Crippen LogP contribution in [0.25, 0.3) is 0 Å². The number of halogens is 2. The summed E-state index contributed by atoms with van der Waals surface area (Å²) in [6.07, 6.45) is -0.778. The van der Waals surface area contributed by atoms with E-state index in [0.29, 0.717) is 5.56 Å². The molecule has 0 bridgehead atoms. The Hall–Kier alpha value is -1.49. The number of benzene rings is 1. The second-order valence-corrected chi connectivity index (χ2v) is 4.87. The molecule has 5 heteroatoms.